The SMILES string of the molecule is CCCCc1ccc(NC(=S)N(Cc2ccc(N(C)C)cc2)C[C@@H]2CCCO2)cc1. The van der Waals surface area contributed by atoms with Gasteiger partial charge in [0.25, 0.3) is 0 Å². The van der Waals surface area contributed by atoms with Crippen molar-refractivity contribution in [3.63, 3.8) is 0 Å². The summed E-state index contributed by atoms with van der Waals surface area (Å²) in [6, 6.07) is 17.3. The number of anilines is 2. The molecule has 1 fully saturated rings. The molecule has 1 aliphatic rings. The first-order valence-electron chi connectivity index (χ1n) is 11.1. The first-order chi connectivity index (χ1) is 14.5. The third kappa shape index (κ3) is 6.71. The van der Waals surface area contributed by atoms with Crippen molar-refractivity contribution in [3.8, 4) is 0 Å². The maximum atomic E-state index is 5.89. The van der Waals surface area contributed by atoms with Crippen molar-refractivity contribution in [2.24, 2.45) is 0 Å². The first kappa shape index (κ1) is 22.6. The van der Waals surface area contributed by atoms with Crippen LogP contribution in [-0.4, -0.2) is 43.4 Å². The molecule has 0 radical (unpaired) electrons. The van der Waals surface area contributed by atoms with Crippen LogP contribution in [-0.2, 0) is 17.7 Å². The molecule has 2 aromatic rings. The summed E-state index contributed by atoms with van der Waals surface area (Å²) in [5, 5.41) is 4.20. The Morgan fingerprint density at radius 2 is 1.77 bits per heavy atom. The van der Waals surface area contributed by atoms with Gasteiger partial charge in [0.2, 0.25) is 0 Å². The predicted octanol–water partition coefficient (Wildman–Crippen LogP) is 5.47. The molecule has 4 nitrogen and oxygen atoms in total. The third-order valence-electron chi connectivity index (χ3n) is 5.59. The summed E-state index contributed by atoms with van der Waals surface area (Å²) in [6.07, 6.45) is 6.07. The minimum absolute atomic E-state index is 0.252. The summed E-state index contributed by atoms with van der Waals surface area (Å²) < 4.78 is 5.89. The highest BCUT2D eigenvalue weighted by Gasteiger charge is 2.21. The fourth-order valence-electron chi connectivity index (χ4n) is 3.71. The highest BCUT2D eigenvalue weighted by Crippen LogP contribution is 2.19. The van der Waals surface area contributed by atoms with Gasteiger partial charge in [-0.15, -0.1) is 0 Å². The lowest BCUT2D eigenvalue weighted by atomic mass is 10.1. The number of nitrogens with zero attached hydrogens (tertiary/aromatic N) is 2. The van der Waals surface area contributed by atoms with Gasteiger partial charge in [0.15, 0.2) is 5.11 Å². The van der Waals surface area contributed by atoms with Gasteiger partial charge >= 0.3 is 0 Å². The molecular weight excluding hydrogens is 390 g/mol. The molecule has 0 unspecified atom stereocenters. The van der Waals surface area contributed by atoms with E-state index in [-0.39, 0.29) is 6.10 Å². The topological polar surface area (TPSA) is 27.7 Å². The van der Waals surface area contributed by atoms with E-state index in [0.29, 0.717) is 0 Å². The van der Waals surface area contributed by atoms with Crippen LogP contribution < -0.4 is 10.2 Å². The average molecular weight is 426 g/mol. The third-order valence-corrected chi connectivity index (χ3v) is 5.95. The van der Waals surface area contributed by atoms with Crippen molar-refractivity contribution in [3.05, 3.63) is 59.7 Å². The molecule has 0 amide bonds. The lowest BCUT2D eigenvalue weighted by molar-refractivity contribution is 0.0905. The second-order valence-electron chi connectivity index (χ2n) is 8.31. The summed E-state index contributed by atoms with van der Waals surface area (Å²) in [4.78, 5) is 4.35. The summed E-state index contributed by atoms with van der Waals surface area (Å²) in [5.74, 6) is 0. The van der Waals surface area contributed by atoms with E-state index in [1.165, 1.54) is 29.7 Å². The smallest absolute Gasteiger partial charge is 0.173 e. The second-order valence-corrected chi connectivity index (χ2v) is 8.69. The van der Waals surface area contributed by atoms with Crippen molar-refractivity contribution in [2.75, 3.05) is 37.5 Å². The molecule has 1 heterocycles. The Hall–Kier alpha value is -2.11. The van der Waals surface area contributed by atoms with Crippen LogP contribution in [0.25, 0.3) is 0 Å². The van der Waals surface area contributed by atoms with Crippen molar-refractivity contribution < 1.29 is 4.74 Å². The Bertz CT molecular complexity index is 783. The molecule has 1 N–H and O–H groups in total. The maximum absolute atomic E-state index is 5.89. The standard InChI is InChI=1S/C25H35N3OS/c1-4-5-7-20-9-13-22(14-10-20)26-25(30)28(19-24-8-6-17-29-24)18-21-11-15-23(16-12-21)27(2)3/h9-16,24H,4-8,17-19H2,1-3H3,(H,26,30)/t24-/m0/s1. The van der Waals surface area contributed by atoms with E-state index < -0.39 is 0 Å². The predicted molar refractivity (Wildman–Crippen MR) is 131 cm³/mol. The average Bonchev–Trinajstić information content (AvgIpc) is 3.26. The summed E-state index contributed by atoms with van der Waals surface area (Å²) in [6.45, 7) is 4.67. The van der Waals surface area contributed by atoms with Crippen LogP contribution in [0.1, 0.15) is 43.7 Å². The van der Waals surface area contributed by atoms with Gasteiger partial charge < -0.3 is 19.9 Å². The molecule has 1 aliphatic heterocycles. The molecule has 3 rings (SSSR count). The molecule has 162 valence electrons. The normalized spacial score (nSPS) is 15.8. The van der Waals surface area contributed by atoms with Crippen LogP contribution in [0.4, 0.5) is 11.4 Å². The molecule has 0 spiro atoms. The monoisotopic (exact) mass is 425 g/mol. The summed E-state index contributed by atoms with van der Waals surface area (Å²) in [7, 11) is 4.12. The molecule has 30 heavy (non-hydrogen) atoms. The number of aryl methyl sites for hydroxylation is 1. The summed E-state index contributed by atoms with van der Waals surface area (Å²) in [5.41, 5.74) is 4.87. The lowest BCUT2D eigenvalue weighted by Gasteiger charge is -2.28. The van der Waals surface area contributed by atoms with Gasteiger partial charge in [-0.3, -0.25) is 0 Å². The molecule has 5 heteroatoms. The minimum Gasteiger partial charge on any atom is -0.378 e. The van der Waals surface area contributed by atoms with E-state index in [9.17, 15) is 0 Å². The highest BCUT2D eigenvalue weighted by molar-refractivity contribution is 7.80. The van der Waals surface area contributed by atoms with Crippen molar-refractivity contribution in [2.45, 2.75) is 51.7 Å². The van der Waals surface area contributed by atoms with Crippen LogP contribution in [0.3, 0.4) is 0 Å². The van der Waals surface area contributed by atoms with Gasteiger partial charge in [0, 0.05) is 45.2 Å². The number of rotatable bonds is 9. The van der Waals surface area contributed by atoms with Gasteiger partial charge in [0.1, 0.15) is 0 Å². The zero-order valence-electron chi connectivity index (χ0n) is 18.6. The Labute approximate surface area is 187 Å². The van der Waals surface area contributed by atoms with Crippen molar-refractivity contribution >= 4 is 28.7 Å². The molecular formula is C25H35N3OS. The molecule has 1 atom stereocenters. The molecule has 2 aromatic carbocycles. The highest BCUT2D eigenvalue weighted by atomic mass is 32.1. The van der Waals surface area contributed by atoms with Gasteiger partial charge in [-0.25, -0.2) is 0 Å². The Balaban J connectivity index is 1.66. The van der Waals surface area contributed by atoms with Crippen LogP contribution in [0.5, 0.6) is 0 Å². The van der Waals surface area contributed by atoms with Crippen molar-refractivity contribution in [1.82, 2.24) is 4.90 Å². The van der Waals surface area contributed by atoms with Crippen molar-refractivity contribution in [1.29, 1.82) is 0 Å². The molecule has 0 saturated carbocycles. The van der Waals surface area contributed by atoms with Crippen LogP contribution in [0.15, 0.2) is 48.5 Å². The fourth-order valence-corrected chi connectivity index (χ4v) is 3.97. The maximum Gasteiger partial charge on any atom is 0.173 e. The van der Waals surface area contributed by atoms with Gasteiger partial charge in [-0.1, -0.05) is 37.6 Å². The van der Waals surface area contributed by atoms with E-state index in [0.717, 1.165) is 49.8 Å². The van der Waals surface area contributed by atoms with E-state index in [4.69, 9.17) is 17.0 Å². The van der Waals surface area contributed by atoms with Gasteiger partial charge in [0.05, 0.1) is 6.10 Å². The van der Waals surface area contributed by atoms with E-state index in [1.807, 2.05) is 0 Å². The summed E-state index contributed by atoms with van der Waals surface area (Å²) >= 11 is 5.81. The zero-order valence-corrected chi connectivity index (χ0v) is 19.4. The zero-order chi connectivity index (χ0) is 21.3. The number of thiocarbonyl (C=S) groups is 1. The van der Waals surface area contributed by atoms with Crippen LogP contribution in [0.2, 0.25) is 0 Å². The molecule has 0 aromatic heterocycles. The van der Waals surface area contributed by atoms with Gasteiger partial charge in [-0.05, 0) is 73.3 Å². The molecule has 0 aliphatic carbocycles. The fraction of sp³-hybridized carbons (Fsp3) is 0.480. The van der Waals surface area contributed by atoms with Gasteiger partial charge in [-0.2, -0.15) is 0 Å². The van der Waals surface area contributed by atoms with E-state index >= 15 is 0 Å². The number of hydrogen-bond acceptors (Lipinski definition) is 3. The lowest BCUT2D eigenvalue weighted by Crippen LogP contribution is -2.39. The Kier molecular flexibility index (Phi) is 8.52. The number of benzene rings is 2. The number of nitrogens with one attached hydrogen (secondary N) is 1. The Morgan fingerprint density at radius 3 is 2.37 bits per heavy atom. The van der Waals surface area contributed by atoms with E-state index in [2.05, 4.69) is 84.7 Å². The quantitative estimate of drug-likeness (QED) is 0.538. The first-order valence-corrected chi connectivity index (χ1v) is 11.5. The number of ether oxygens (including phenoxy) is 1. The minimum atomic E-state index is 0.252. The number of unbranched alkanes of at least 4 members (excludes halogenated alkanes) is 1. The van der Waals surface area contributed by atoms with E-state index in [1.54, 1.807) is 0 Å². The largest absolute Gasteiger partial charge is 0.378 e. The number of hydrogen-bond donors (Lipinski definition) is 1. The second kappa shape index (κ2) is 11.3. The molecule has 0 bridgehead atoms. The Morgan fingerprint density at radius 1 is 1.07 bits per heavy atom. The van der Waals surface area contributed by atoms with Crippen LogP contribution >= 0.6 is 12.2 Å². The molecule has 1 saturated heterocycles. The van der Waals surface area contributed by atoms with Crippen LogP contribution in [0, 0.1) is 0 Å².